The molecule has 0 aliphatic rings. The fraction of sp³-hybridized carbons (Fsp3) is 0.750. The zero-order valence-electron chi connectivity index (χ0n) is 7.03. The fourth-order valence-electron chi connectivity index (χ4n) is 0.224. The van der Waals surface area contributed by atoms with E-state index < -0.39 is 14.5 Å². The van der Waals surface area contributed by atoms with Crippen LogP contribution in [-0.2, 0) is 13.6 Å². The summed E-state index contributed by atoms with van der Waals surface area (Å²) in [5.74, 6) is -0.833. The number of rotatable bonds is 3. The Bertz CT molecular complexity index is 87.0. The molecule has 0 heterocycles. The number of hydrogen-bond donors (Lipinski definition) is 1. The van der Waals surface area contributed by atoms with Crippen molar-refractivity contribution < 1.29 is 23.5 Å². The van der Waals surface area contributed by atoms with Crippen LogP contribution in [0.5, 0.6) is 0 Å². The van der Waals surface area contributed by atoms with E-state index >= 15 is 0 Å². The monoisotopic (exact) mass is 182 g/mol. The Labute approximate surface area is 68.0 Å². The molecule has 0 saturated carbocycles. The molecule has 0 unspecified atom stereocenters. The molecule has 0 bridgehead atoms. The molecule has 0 fully saturated rings. The largest absolute Gasteiger partial charge is 0.490 e. The summed E-state index contributed by atoms with van der Waals surface area (Å²) in [6.45, 7) is 0. The molecule has 0 radical (unpaired) electrons. The minimum absolute atomic E-state index is 0.833. The van der Waals surface area contributed by atoms with Crippen molar-refractivity contribution in [3.05, 3.63) is 0 Å². The van der Waals surface area contributed by atoms with E-state index in [4.69, 9.17) is 9.90 Å². The van der Waals surface area contributed by atoms with Crippen molar-refractivity contribution in [2.24, 2.45) is 0 Å². The zero-order chi connectivity index (χ0) is 9.28. The van der Waals surface area contributed by atoms with Gasteiger partial charge < -0.3 is 18.7 Å². The average Bonchev–Trinajstić information content (AvgIpc) is 1.90. The highest BCUT2D eigenvalue weighted by molar-refractivity contribution is 7.41. The van der Waals surface area contributed by atoms with Gasteiger partial charge in [0, 0.05) is 21.3 Å². The second-order valence-electron chi connectivity index (χ2n) is 1.29. The van der Waals surface area contributed by atoms with Crippen LogP contribution in [0.4, 0.5) is 4.79 Å². The summed E-state index contributed by atoms with van der Waals surface area (Å²) in [6, 6.07) is 0. The molecule has 0 aromatic carbocycles. The van der Waals surface area contributed by atoms with Gasteiger partial charge in [0.1, 0.15) is 0 Å². The summed E-state index contributed by atoms with van der Waals surface area (Å²) in [4.78, 5) is 9.00. The van der Waals surface area contributed by atoms with Crippen LogP contribution in [0.2, 0.25) is 0 Å². The van der Waals surface area contributed by atoms with Gasteiger partial charge >= 0.3 is 8.60 Å². The van der Waals surface area contributed by atoms with Crippen LogP contribution in [0.3, 0.4) is 0 Å². The number of carbonyl (C=O) groups is 1. The first-order chi connectivity index (χ1) is 5.08. The normalized spacial score (nSPS) is 8.73. The molecule has 0 spiro atoms. The fourth-order valence-corrected chi connectivity index (χ4v) is 0.671. The average molecular weight is 182 g/mol. The minimum atomic E-state index is -1.05. The molecule has 11 heavy (non-hydrogen) atoms. The van der Waals surface area contributed by atoms with E-state index in [2.05, 4.69) is 13.6 Å². The summed E-state index contributed by atoms with van der Waals surface area (Å²) in [7, 11) is 4.65. The summed E-state index contributed by atoms with van der Waals surface area (Å²) in [5, 5.41) is 7.42. The van der Waals surface area contributed by atoms with Crippen LogP contribution < -0.4 is 0 Å². The summed E-state index contributed by atoms with van der Waals surface area (Å²) in [6.07, 6.45) is 0. The van der Waals surface area contributed by atoms with Gasteiger partial charge in [0.05, 0.1) is 0 Å². The lowest BCUT2D eigenvalue weighted by Crippen LogP contribution is -1.83. The molecule has 0 rings (SSSR count). The van der Waals surface area contributed by atoms with Crippen LogP contribution >= 0.6 is 8.60 Å². The molecular formula is C4H12BO5P. The molecule has 0 atom stereocenters. The van der Waals surface area contributed by atoms with Gasteiger partial charge in [0.2, 0.25) is 13.7 Å². The lowest BCUT2D eigenvalue weighted by Gasteiger charge is -2.05. The Morgan fingerprint density at radius 3 is 1.45 bits per heavy atom. The van der Waals surface area contributed by atoms with Crippen LogP contribution in [0.15, 0.2) is 0 Å². The SMILES string of the molecule is BC(=O)O.COP(OC)OC. The molecule has 0 aromatic rings. The van der Waals surface area contributed by atoms with Gasteiger partial charge in [-0.25, -0.2) is 0 Å². The second kappa shape index (κ2) is 9.84. The van der Waals surface area contributed by atoms with E-state index in [-0.39, 0.29) is 0 Å². The Hall–Kier alpha value is -0.155. The van der Waals surface area contributed by atoms with Gasteiger partial charge in [0.15, 0.2) is 0 Å². The zero-order valence-corrected chi connectivity index (χ0v) is 7.92. The number of carboxylic acid groups (broad SMARTS) is 1. The van der Waals surface area contributed by atoms with Crippen molar-refractivity contribution in [2.75, 3.05) is 21.3 Å². The molecule has 7 heteroatoms. The number of hydrogen-bond acceptors (Lipinski definition) is 4. The van der Waals surface area contributed by atoms with Gasteiger partial charge in [-0.2, -0.15) is 0 Å². The first kappa shape index (κ1) is 13.4. The second-order valence-corrected chi connectivity index (χ2v) is 2.83. The van der Waals surface area contributed by atoms with E-state index in [0.29, 0.717) is 0 Å². The van der Waals surface area contributed by atoms with E-state index in [0.717, 1.165) is 7.85 Å². The van der Waals surface area contributed by atoms with E-state index in [1.807, 2.05) is 0 Å². The van der Waals surface area contributed by atoms with Gasteiger partial charge in [-0.05, 0) is 0 Å². The van der Waals surface area contributed by atoms with Crippen molar-refractivity contribution in [1.82, 2.24) is 0 Å². The Kier molecular flexibility index (Phi) is 12.0. The third kappa shape index (κ3) is 17.7. The van der Waals surface area contributed by atoms with Gasteiger partial charge in [-0.15, -0.1) is 0 Å². The van der Waals surface area contributed by atoms with Crippen LogP contribution in [0, 0.1) is 0 Å². The molecule has 0 aliphatic carbocycles. The maximum absolute atomic E-state index is 9.00. The van der Waals surface area contributed by atoms with Crippen LogP contribution in [-0.4, -0.2) is 40.2 Å². The quantitative estimate of drug-likeness (QED) is 0.506. The van der Waals surface area contributed by atoms with Crippen LogP contribution in [0.1, 0.15) is 0 Å². The standard InChI is InChI=1S/C3H9O3P.CH3BO2/c1-4-7(5-2)6-3;2-1(3)4/h1-3H3;2H2,(H,3,4). The van der Waals surface area contributed by atoms with Crippen molar-refractivity contribution >= 4 is 22.3 Å². The molecule has 1 N–H and O–H groups in total. The predicted octanol–water partition coefficient (Wildman–Crippen LogP) is 0.450. The third-order valence-corrected chi connectivity index (χ3v) is 1.34. The molecule has 0 aliphatic heterocycles. The first-order valence-corrected chi connectivity index (χ1v) is 3.80. The highest BCUT2D eigenvalue weighted by Gasteiger charge is 2.00. The Morgan fingerprint density at radius 1 is 1.27 bits per heavy atom. The van der Waals surface area contributed by atoms with E-state index in [9.17, 15) is 0 Å². The lowest BCUT2D eigenvalue weighted by atomic mass is 10.2. The maximum Gasteiger partial charge on any atom is 0.331 e. The van der Waals surface area contributed by atoms with E-state index in [1.165, 1.54) is 0 Å². The van der Waals surface area contributed by atoms with Crippen molar-refractivity contribution in [1.29, 1.82) is 0 Å². The Morgan fingerprint density at radius 2 is 1.45 bits per heavy atom. The molecular weight excluding hydrogens is 170 g/mol. The molecule has 0 saturated heterocycles. The molecule has 0 amide bonds. The van der Waals surface area contributed by atoms with Gasteiger partial charge in [-0.3, -0.25) is 4.79 Å². The predicted molar refractivity (Wildman–Crippen MR) is 44.5 cm³/mol. The van der Waals surface area contributed by atoms with Crippen molar-refractivity contribution in [3.8, 4) is 0 Å². The minimum Gasteiger partial charge on any atom is -0.490 e. The molecule has 5 nitrogen and oxygen atoms in total. The smallest absolute Gasteiger partial charge is 0.331 e. The maximum atomic E-state index is 9.00. The summed E-state index contributed by atoms with van der Waals surface area (Å²) in [5.41, 5.74) is 0. The van der Waals surface area contributed by atoms with Gasteiger partial charge in [0.25, 0.3) is 0 Å². The summed E-state index contributed by atoms with van der Waals surface area (Å²) >= 11 is 0. The first-order valence-electron chi connectivity index (χ1n) is 2.70. The van der Waals surface area contributed by atoms with Crippen molar-refractivity contribution in [2.45, 2.75) is 0 Å². The topological polar surface area (TPSA) is 65.0 Å². The van der Waals surface area contributed by atoms with E-state index in [1.54, 1.807) is 21.3 Å². The van der Waals surface area contributed by atoms with Crippen LogP contribution in [0.25, 0.3) is 0 Å². The Balaban J connectivity index is 0. The van der Waals surface area contributed by atoms with Crippen molar-refractivity contribution in [3.63, 3.8) is 0 Å². The molecule has 66 valence electrons. The highest BCUT2D eigenvalue weighted by Crippen LogP contribution is 2.35. The summed E-state index contributed by atoms with van der Waals surface area (Å²) < 4.78 is 14.0. The highest BCUT2D eigenvalue weighted by atomic mass is 31.2. The lowest BCUT2D eigenvalue weighted by molar-refractivity contribution is 0.220. The third-order valence-electron chi connectivity index (χ3n) is 0.447. The van der Waals surface area contributed by atoms with Gasteiger partial charge in [-0.1, -0.05) is 0 Å². The molecule has 0 aromatic heterocycles.